The lowest BCUT2D eigenvalue weighted by atomic mass is 9.58. The van der Waals surface area contributed by atoms with Crippen LogP contribution in [0.2, 0.25) is 0 Å². The summed E-state index contributed by atoms with van der Waals surface area (Å²) in [6.45, 7) is 0. The first kappa shape index (κ1) is 19.1. The Morgan fingerprint density at radius 3 is 1.50 bits per heavy atom. The Kier molecular flexibility index (Phi) is 4.12. The largest absolute Gasteiger partial charge is 0.211 e. The summed E-state index contributed by atoms with van der Waals surface area (Å²) in [5, 5.41) is 0. The molecule has 160 valence electrons. The van der Waals surface area contributed by atoms with Gasteiger partial charge in [-0.1, -0.05) is 121 Å². The van der Waals surface area contributed by atoms with Crippen LogP contribution in [-0.2, 0) is 5.41 Å². The molecule has 0 N–H and O–H groups in total. The summed E-state index contributed by atoms with van der Waals surface area (Å²) in [7, 11) is 0. The molecule has 0 aliphatic heterocycles. The number of benzene rings is 4. The van der Waals surface area contributed by atoms with Crippen LogP contribution in [0.15, 0.2) is 121 Å². The zero-order chi connectivity index (χ0) is 22.5. The van der Waals surface area contributed by atoms with Gasteiger partial charge in [-0.05, 0) is 22.3 Å². The molecule has 8 rings (SSSR count). The second-order valence-corrected chi connectivity index (χ2v) is 8.86. The van der Waals surface area contributed by atoms with E-state index in [0.717, 1.165) is 17.0 Å². The molecule has 0 amide bonds. The van der Waals surface area contributed by atoms with Crippen molar-refractivity contribution in [2.24, 2.45) is 0 Å². The third kappa shape index (κ3) is 2.67. The summed E-state index contributed by atoms with van der Waals surface area (Å²) in [6.07, 6.45) is 4.63. The minimum absolute atomic E-state index is 0.262. The maximum Gasteiger partial charge on any atom is 0.163 e. The van der Waals surface area contributed by atoms with E-state index in [4.69, 9.17) is 15.0 Å². The molecular formula is C31H21N3. The van der Waals surface area contributed by atoms with Crippen molar-refractivity contribution in [3.05, 3.63) is 149 Å². The number of aromatic nitrogens is 3. The average Bonchev–Trinajstić information content (AvgIpc) is 2.94. The van der Waals surface area contributed by atoms with Gasteiger partial charge in [0, 0.05) is 17.0 Å². The molecule has 2 bridgehead atoms. The van der Waals surface area contributed by atoms with Crippen LogP contribution in [0, 0.1) is 0 Å². The molecule has 0 atom stereocenters. The first-order chi connectivity index (χ1) is 16.8. The van der Waals surface area contributed by atoms with E-state index in [2.05, 4.69) is 84.9 Å². The van der Waals surface area contributed by atoms with Crippen LogP contribution in [0.25, 0.3) is 22.8 Å². The fourth-order valence-corrected chi connectivity index (χ4v) is 5.50. The molecule has 0 saturated heterocycles. The van der Waals surface area contributed by atoms with Crippen LogP contribution < -0.4 is 0 Å². The molecule has 1 aromatic heterocycles. The van der Waals surface area contributed by atoms with Crippen molar-refractivity contribution in [1.82, 2.24) is 15.0 Å². The van der Waals surface area contributed by atoms with Crippen molar-refractivity contribution >= 4 is 0 Å². The SMILES string of the molecule is C1=CC2(c3nc(-c4ccccc4)nc(-c4ccccc4)n3)c3ccccc3C1c1ccccc12. The standard InChI is InChI=1S/C31H21N3/c1-3-11-21(12-4-1)28-32-29(22-13-5-2-6-14-22)34-30(33-28)31-20-19-23(24-15-7-9-17-26(24)31)25-16-8-10-18-27(25)31/h1-20,23H. The molecule has 3 aliphatic rings. The van der Waals surface area contributed by atoms with Gasteiger partial charge in [0.1, 0.15) is 0 Å². The highest BCUT2D eigenvalue weighted by Gasteiger charge is 2.48. The zero-order valence-corrected chi connectivity index (χ0v) is 18.5. The second-order valence-electron chi connectivity index (χ2n) is 8.86. The van der Waals surface area contributed by atoms with Gasteiger partial charge in [0.2, 0.25) is 0 Å². The summed E-state index contributed by atoms with van der Waals surface area (Å²) >= 11 is 0. The second kappa shape index (κ2) is 7.32. The van der Waals surface area contributed by atoms with Crippen molar-refractivity contribution in [3.63, 3.8) is 0 Å². The Balaban J connectivity index is 1.57. The van der Waals surface area contributed by atoms with E-state index in [1.165, 1.54) is 22.3 Å². The van der Waals surface area contributed by atoms with E-state index in [-0.39, 0.29) is 5.92 Å². The normalized spacial score (nSPS) is 19.5. The van der Waals surface area contributed by atoms with Gasteiger partial charge in [0.25, 0.3) is 0 Å². The molecule has 34 heavy (non-hydrogen) atoms. The van der Waals surface area contributed by atoms with Crippen molar-refractivity contribution in [2.75, 3.05) is 0 Å². The Morgan fingerprint density at radius 1 is 0.500 bits per heavy atom. The van der Waals surface area contributed by atoms with E-state index < -0.39 is 5.41 Å². The highest BCUT2D eigenvalue weighted by atomic mass is 15.0. The lowest BCUT2D eigenvalue weighted by molar-refractivity contribution is 0.629. The van der Waals surface area contributed by atoms with Gasteiger partial charge in [-0.2, -0.15) is 0 Å². The zero-order valence-electron chi connectivity index (χ0n) is 18.5. The van der Waals surface area contributed by atoms with E-state index in [1.807, 2.05) is 36.4 Å². The fourth-order valence-electron chi connectivity index (χ4n) is 5.50. The third-order valence-electron chi connectivity index (χ3n) is 7.03. The Hall–Kier alpha value is -4.37. The number of rotatable bonds is 3. The minimum atomic E-state index is -0.558. The molecule has 0 radical (unpaired) electrons. The Labute approximate surface area is 198 Å². The number of nitrogens with zero attached hydrogens (tertiary/aromatic N) is 3. The van der Waals surface area contributed by atoms with Crippen molar-refractivity contribution in [2.45, 2.75) is 11.3 Å². The maximum absolute atomic E-state index is 5.14. The van der Waals surface area contributed by atoms with Gasteiger partial charge in [-0.15, -0.1) is 0 Å². The first-order valence-electron chi connectivity index (χ1n) is 11.6. The fraction of sp³-hybridized carbons (Fsp3) is 0.0645. The molecule has 0 fully saturated rings. The van der Waals surface area contributed by atoms with Crippen LogP contribution >= 0.6 is 0 Å². The van der Waals surface area contributed by atoms with Crippen LogP contribution in [0.4, 0.5) is 0 Å². The van der Waals surface area contributed by atoms with E-state index >= 15 is 0 Å². The molecule has 1 heterocycles. The molecule has 0 spiro atoms. The smallest absolute Gasteiger partial charge is 0.163 e. The predicted molar refractivity (Wildman–Crippen MR) is 134 cm³/mol. The highest BCUT2D eigenvalue weighted by Crippen LogP contribution is 2.54. The van der Waals surface area contributed by atoms with Crippen LogP contribution in [0.5, 0.6) is 0 Å². The lowest BCUT2D eigenvalue weighted by Gasteiger charge is -2.44. The maximum atomic E-state index is 5.14. The van der Waals surface area contributed by atoms with Gasteiger partial charge in [-0.25, -0.2) is 15.0 Å². The monoisotopic (exact) mass is 435 g/mol. The molecule has 3 nitrogen and oxygen atoms in total. The minimum Gasteiger partial charge on any atom is -0.211 e. The number of hydrogen-bond donors (Lipinski definition) is 0. The van der Waals surface area contributed by atoms with Crippen molar-refractivity contribution in [1.29, 1.82) is 0 Å². The van der Waals surface area contributed by atoms with E-state index in [0.29, 0.717) is 11.6 Å². The predicted octanol–water partition coefficient (Wildman–Crippen LogP) is 6.56. The van der Waals surface area contributed by atoms with Gasteiger partial charge >= 0.3 is 0 Å². The van der Waals surface area contributed by atoms with Gasteiger partial charge < -0.3 is 0 Å². The Morgan fingerprint density at radius 2 is 0.971 bits per heavy atom. The number of allylic oxidation sites excluding steroid dienone is 2. The topological polar surface area (TPSA) is 38.7 Å². The summed E-state index contributed by atoms with van der Waals surface area (Å²) in [5.41, 5.74) is 6.57. The summed E-state index contributed by atoms with van der Waals surface area (Å²) < 4.78 is 0. The number of hydrogen-bond acceptors (Lipinski definition) is 3. The first-order valence-corrected chi connectivity index (χ1v) is 11.6. The third-order valence-corrected chi connectivity index (χ3v) is 7.03. The molecule has 5 aromatic rings. The summed E-state index contributed by atoms with van der Waals surface area (Å²) in [4.78, 5) is 15.2. The molecule has 3 aliphatic carbocycles. The van der Waals surface area contributed by atoms with Gasteiger partial charge in [0.05, 0.1) is 5.41 Å². The molecule has 0 saturated carbocycles. The van der Waals surface area contributed by atoms with Crippen LogP contribution in [-0.4, -0.2) is 15.0 Å². The molecule has 0 unspecified atom stereocenters. The van der Waals surface area contributed by atoms with Gasteiger partial charge in [0.15, 0.2) is 17.5 Å². The lowest BCUT2D eigenvalue weighted by Crippen LogP contribution is -2.39. The average molecular weight is 436 g/mol. The summed E-state index contributed by atoms with van der Waals surface area (Å²) in [6, 6.07) is 37.8. The van der Waals surface area contributed by atoms with Gasteiger partial charge in [-0.3, -0.25) is 0 Å². The quantitative estimate of drug-likeness (QED) is 0.302. The Bertz CT molecular complexity index is 1450. The molecule has 4 aromatic carbocycles. The van der Waals surface area contributed by atoms with E-state index in [9.17, 15) is 0 Å². The molecular weight excluding hydrogens is 414 g/mol. The summed E-state index contributed by atoms with van der Waals surface area (Å²) in [5.74, 6) is 2.40. The highest BCUT2D eigenvalue weighted by molar-refractivity contribution is 5.69. The van der Waals surface area contributed by atoms with Crippen LogP contribution in [0.1, 0.15) is 34.0 Å². The van der Waals surface area contributed by atoms with E-state index in [1.54, 1.807) is 0 Å². The van der Waals surface area contributed by atoms with Crippen LogP contribution in [0.3, 0.4) is 0 Å². The van der Waals surface area contributed by atoms with Crippen molar-refractivity contribution < 1.29 is 0 Å². The molecule has 3 heteroatoms. The van der Waals surface area contributed by atoms with Crippen molar-refractivity contribution in [3.8, 4) is 22.8 Å².